The zero-order chi connectivity index (χ0) is 27.0. The van der Waals surface area contributed by atoms with Crippen molar-refractivity contribution in [3.8, 4) is 16.5 Å². The number of nitrogens with two attached hydrogens (primary N) is 1. The standard InChI is InChI=1S/C24H22F3N3O5S2/c1-3-10-37(32,33)35-15-8-9-18-19(11-15)30(13-29-18)21-12-20(22(36-21)23(28)31)34-14(2)16-6-4-5-7-17(16)24(25,26)27/h4-9,11-14H,3,10H2,1-2H3,(H2,28,31)/t14-/m1/s1. The Morgan fingerprint density at radius 1 is 1.19 bits per heavy atom. The number of imidazole rings is 1. The summed E-state index contributed by atoms with van der Waals surface area (Å²) in [5, 5.41) is 0.427. The summed E-state index contributed by atoms with van der Waals surface area (Å²) < 4.78 is 77.2. The predicted molar refractivity (Wildman–Crippen MR) is 133 cm³/mol. The average molecular weight is 554 g/mol. The zero-order valence-electron chi connectivity index (χ0n) is 19.7. The molecule has 2 N–H and O–H groups in total. The van der Waals surface area contributed by atoms with Gasteiger partial charge in [0.05, 0.1) is 22.3 Å². The van der Waals surface area contributed by atoms with Crippen LogP contribution in [-0.4, -0.2) is 29.6 Å². The number of aromatic nitrogens is 2. The summed E-state index contributed by atoms with van der Waals surface area (Å²) in [6.45, 7) is 3.16. The highest BCUT2D eigenvalue weighted by atomic mass is 32.2. The molecule has 0 unspecified atom stereocenters. The van der Waals surface area contributed by atoms with E-state index in [1.807, 2.05) is 0 Å². The van der Waals surface area contributed by atoms with E-state index in [0.717, 1.165) is 17.4 Å². The molecule has 2 heterocycles. The van der Waals surface area contributed by atoms with Crippen LogP contribution in [0.5, 0.6) is 11.5 Å². The molecular formula is C24H22F3N3O5S2. The Morgan fingerprint density at radius 2 is 1.92 bits per heavy atom. The molecule has 0 aliphatic rings. The lowest BCUT2D eigenvalue weighted by Gasteiger charge is -2.19. The molecule has 196 valence electrons. The van der Waals surface area contributed by atoms with Crippen LogP contribution in [0.3, 0.4) is 0 Å². The predicted octanol–water partition coefficient (Wildman–Crippen LogP) is 5.46. The average Bonchev–Trinajstić information content (AvgIpc) is 3.42. The van der Waals surface area contributed by atoms with Crippen LogP contribution < -0.4 is 14.7 Å². The molecule has 1 amide bonds. The summed E-state index contributed by atoms with van der Waals surface area (Å²) in [6, 6.07) is 11.0. The van der Waals surface area contributed by atoms with Crippen LogP contribution in [-0.2, 0) is 16.3 Å². The van der Waals surface area contributed by atoms with E-state index in [1.165, 1.54) is 49.6 Å². The first-order chi connectivity index (χ1) is 17.4. The second-order valence-electron chi connectivity index (χ2n) is 8.10. The molecule has 0 radical (unpaired) electrons. The highest BCUT2D eigenvalue weighted by Gasteiger charge is 2.35. The van der Waals surface area contributed by atoms with Crippen molar-refractivity contribution in [1.82, 2.24) is 9.55 Å². The highest BCUT2D eigenvalue weighted by Crippen LogP contribution is 2.39. The van der Waals surface area contributed by atoms with E-state index in [-0.39, 0.29) is 27.7 Å². The normalized spacial score (nSPS) is 13.0. The zero-order valence-corrected chi connectivity index (χ0v) is 21.3. The van der Waals surface area contributed by atoms with Crippen molar-refractivity contribution in [2.24, 2.45) is 5.73 Å². The number of hydrogen-bond donors (Lipinski definition) is 1. The van der Waals surface area contributed by atoms with E-state index in [1.54, 1.807) is 17.6 Å². The maximum absolute atomic E-state index is 13.5. The molecule has 2 aromatic heterocycles. The van der Waals surface area contributed by atoms with Crippen LogP contribution in [0.25, 0.3) is 16.0 Å². The van der Waals surface area contributed by atoms with Gasteiger partial charge in [-0.25, -0.2) is 4.98 Å². The molecule has 37 heavy (non-hydrogen) atoms. The minimum Gasteiger partial charge on any atom is -0.484 e. The third-order valence-corrected chi connectivity index (χ3v) is 7.83. The van der Waals surface area contributed by atoms with E-state index >= 15 is 0 Å². The number of hydrogen-bond acceptors (Lipinski definition) is 7. The van der Waals surface area contributed by atoms with Gasteiger partial charge in [0.2, 0.25) is 0 Å². The van der Waals surface area contributed by atoms with E-state index in [2.05, 4.69) is 4.98 Å². The molecule has 0 spiro atoms. The lowest BCUT2D eigenvalue weighted by molar-refractivity contribution is -0.139. The Labute approximate surface area is 214 Å². The molecular weight excluding hydrogens is 531 g/mol. The van der Waals surface area contributed by atoms with Gasteiger partial charge < -0.3 is 14.7 Å². The summed E-state index contributed by atoms with van der Waals surface area (Å²) in [4.78, 5) is 16.4. The van der Waals surface area contributed by atoms with Crippen molar-refractivity contribution in [2.45, 2.75) is 32.5 Å². The van der Waals surface area contributed by atoms with Gasteiger partial charge in [-0.15, -0.1) is 11.3 Å². The monoisotopic (exact) mass is 553 g/mol. The molecule has 0 bridgehead atoms. The molecule has 8 nitrogen and oxygen atoms in total. The lowest BCUT2D eigenvalue weighted by Crippen LogP contribution is -2.15. The first-order valence-electron chi connectivity index (χ1n) is 11.1. The number of rotatable bonds is 9. The molecule has 0 aliphatic heterocycles. The number of carbonyl (C=O) groups excluding carboxylic acids is 1. The number of primary amides is 1. The first-order valence-corrected chi connectivity index (χ1v) is 13.4. The van der Waals surface area contributed by atoms with Crippen molar-refractivity contribution in [2.75, 3.05) is 5.75 Å². The third kappa shape index (κ3) is 5.72. The van der Waals surface area contributed by atoms with Crippen molar-refractivity contribution >= 4 is 38.4 Å². The maximum atomic E-state index is 13.5. The van der Waals surface area contributed by atoms with Gasteiger partial charge in [0.25, 0.3) is 5.91 Å². The van der Waals surface area contributed by atoms with Crippen LogP contribution in [0.1, 0.15) is 47.2 Å². The SMILES string of the molecule is CCCS(=O)(=O)Oc1ccc2ncn(-c3cc(O[C@H](C)c4ccccc4C(F)(F)F)c(C(N)=O)s3)c2c1. The smallest absolute Gasteiger partial charge is 0.416 e. The van der Waals surface area contributed by atoms with E-state index in [0.29, 0.717) is 22.5 Å². The van der Waals surface area contributed by atoms with E-state index in [9.17, 15) is 26.4 Å². The summed E-state index contributed by atoms with van der Waals surface area (Å²) >= 11 is 0.956. The Kier molecular flexibility index (Phi) is 7.20. The van der Waals surface area contributed by atoms with Crippen LogP contribution in [0, 0.1) is 0 Å². The van der Waals surface area contributed by atoms with Gasteiger partial charge in [-0.05, 0) is 31.5 Å². The van der Waals surface area contributed by atoms with Gasteiger partial charge in [-0.3, -0.25) is 9.36 Å². The topological polar surface area (TPSA) is 114 Å². The fourth-order valence-corrected chi connectivity index (χ4v) is 5.66. The number of benzene rings is 2. The van der Waals surface area contributed by atoms with Gasteiger partial charge in [0.1, 0.15) is 33.8 Å². The Morgan fingerprint density at radius 3 is 2.59 bits per heavy atom. The van der Waals surface area contributed by atoms with Gasteiger partial charge in [-0.2, -0.15) is 21.6 Å². The lowest BCUT2D eigenvalue weighted by atomic mass is 10.0. The quantitative estimate of drug-likeness (QED) is 0.275. The van der Waals surface area contributed by atoms with Crippen molar-refractivity contribution < 1.29 is 35.3 Å². The Balaban J connectivity index is 1.71. The van der Waals surface area contributed by atoms with E-state index in [4.69, 9.17) is 14.7 Å². The van der Waals surface area contributed by atoms with Crippen LogP contribution in [0.15, 0.2) is 54.9 Å². The molecule has 13 heteroatoms. The van der Waals surface area contributed by atoms with Crippen molar-refractivity contribution in [3.63, 3.8) is 0 Å². The maximum Gasteiger partial charge on any atom is 0.416 e. The fourth-order valence-electron chi connectivity index (χ4n) is 3.76. The van der Waals surface area contributed by atoms with E-state index < -0.39 is 33.9 Å². The Hall–Kier alpha value is -3.58. The number of nitrogens with zero attached hydrogens (tertiary/aromatic N) is 2. The molecule has 0 saturated heterocycles. The molecule has 4 rings (SSSR count). The molecule has 0 fully saturated rings. The first kappa shape index (κ1) is 26.5. The number of thiophene rings is 1. The van der Waals surface area contributed by atoms with Crippen LogP contribution in [0.4, 0.5) is 13.2 Å². The minimum atomic E-state index is -4.58. The fraction of sp³-hybridized carbons (Fsp3) is 0.250. The van der Waals surface area contributed by atoms with Gasteiger partial charge >= 0.3 is 16.3 Å². The molecule has 0 aliphatic carbocycles. The molecule has 0 saturated carbocycles. The van der Waals surface area contributed by atoms with Gasteiger partial charge in [-0.1, -0.05) is 25.1 Å². The summed E-state index contributed by atoms with van der Waals surface area (Å²) in [6.07, 6.45) is -3.79. The molecule has 4 aromatic rings. The van der Waals surface area contributed by atoms with Crippen molar-refractivity contribution in [1.29, 1.82) is 0 Å². The number of halogens is 3. The second-order valence-corrected chi connectivity index (χ2v) is 10.8. The van der Waals surface area contributed by atoms with Gasteiger partial charge in [0, 0.05) is 17.7 Å². The Bertz CT molecular complexity index is 1560. The van der Waals surface area contributed by atoms with Crippen molar-refractivity contribution in [3.05, 3.63) is 70.9 Å². The number of alkyl halides is 3. The molecule has 2 aromatic carbocycles. The third-order valence-electron chi connectivity index (χ3n) is 5.35. The number of carbonyl (C=O) groups is 1. The highest BCUT2D eigenvalue weighted by molar-refractivity contribution is 7.87. The summed E-state index contributed by atoms with van der Waals surface area (Å²) in [7, 11) is -3.77. The summed E-state index contributed by atoms with van der Waals surface area (Å²) in [5.41, 5.74) is 5.58. The van der Waals surface area contributed by atoms with Crippen LogP contribution >= 0.6 is 11.3 Å². The summed E-state index contributed by atoms with van der Waals surface area (Å²) in [5.74, 6) is -0.866. The largest absolute Gasteiger partial charge is 0.484 e. The van der Waals surface area contributed by atoms with Gasteiger partial charge in [0.15, 0.2) is 0 Å². The van der Waals surface area contributed by atoms with Crippen LogP contribution in [0.2, 0.25) is 0 Å². The second kappa shape index (κ2) is 10.1. The molecule has 1 atom stereocenters. The number of fused-ring (bicyclic) bond motifs is 1. The minimum absolute atomic E-state index is 0.00566. The number of ether oxygens (including phenoxy) is 1. The number of amides is 1.